The van der Waals surface area contributed by atoms with Gasteiger partial charge in [0.25, 0.3) is 0 Å². The summed E-state index contributed by atoms with van der Waals surface area (Å²) in [5.74, 6) is 1.24. The van der Waals surface area contributed by atoms with Crippen LogP contribution in [0.4, 0.5) is 32.2 Å². The highest BCUT2D eigenvalue weighted by atomic mass is 32.2. The molecule has 3 aromatic rings. The van der Waals surface area contributed by atoms with Gasteiger partial charge in [-0.15, -0.1) is 0 Å². The summed E-state index contributed by atoms with van der Waals surface area (Å²) >= 11 is 3.16. The van der Waals surface area contributed by atoms with Crippen molar-refractivity contribution < 1.29 is 51.2 Å². The fraction of sp³-hybridized carbons (Fsp3) is 0.514. The zero-order valence-corrected chi connectivity index (χ0v) is 30.0. The van der Waals surface area contributed by atoms with E-state index in [-0.39, 0.29) is 17.5 Å². The Balaban J connectivity index is 1.33. The average molecular weight is 778 g/mol. The molecule has 1 fully saturated rings. The molecule has 2 heterocycles. The van der Waals surface area contributed by atoms with Gasteiger partial charge in [-0.1, -0.05) is 38.1 Å². The lowest BCUT2D eigenvalue weighted by atomic mass is 9.83. The number of hydrogen-bond acceptors (Lipinski definition) is 9. The number of benzene rings is 2. The largest absolute Gasteiger partial charge is 0.416 e. The molecule has 4 rings (SSSR count). The summed E-state index contributed by atoms with van der Waals surface area (Å²) in [5.41, 5.74) is -1.31. The van der Waals surface area contributed by atoms with Crippen LogP contribution in [-0.2, 0) is 33.4 Å². The molecule has 0 bridgehead atoms. The van der Waals surface area contributed by atoms with Gasteiger partial charge < -0.3 is 25.4 Å². The predicted molar refractivity (Wildman–Crippen MR) is 187 cm³/mol. The minimum Gasteiger partial charge on any atom is -0.394 e. The van der Waals surface area contributed by atoms with E-state index < -0.39 is 71.6 Å². The van der Waals surface area contributed by atoms with Crippen molar-refractivity contribution in [3.8, 4) is 0 Å². The van der Waals surface area contributed by atoms with Gasteiger partial charge in [-0.3, -0.25) is 9.36 Å². The van der Waals surface area contributed by atoms with Crippen molar-refractivity contribution in [1.82, 2.24) is 9.55 Å². The zero-order chi connectivity index (χ0) is 38.3. The SMILES string of the molecule is CC(C)(CCC(CCSCc1ccc(C(F)(F)F)cc1)SCc1ccc(C(F)(F)F)cc1)CC(=O)Nc1ccn([C@@H]2O[C@H](CO)C(O)C2O)c(=O)n1. The smallest absolute Gasteiger partial charge is 0.394 e. The Morgan fingerprint density at radius 2 is 1.48 bits per heavy atom. The molecule has 2 aromatic carbocycles. The molecule has 3 unspecified atom stereocenters. The van der Waals surface area contributed by atoms with Crippen LogP contribution in [0.1, 0.15) is 68.0 Å². The summed E-state index contributed by atoms with van der Waals surface area (Å²) in [5, 5.41) is 32.2. The van der Waals surface area contributed by atoms with E-state index in [1.807, 2.05) is 13.8 Å². The number of aromatic nitrogens is 2. The number of carbonyl (C=O) groups excluding carboxylic acids is 1. The Hall–Kier alpha value is -3.09. The van der Waals surface area contributed by atoms with Crippen molar-refractivity contribution >= 4 is 35.2 Å². The second-order valence-corrected chi connectivity index (χ2v) is 15.7. The lowest BCUT2D eigenvalue weighted by Crippen LogP contribution is -2.36. The van der Waals surface area contributed by atoms with Crippen LogP contribution in [-0.4, -0.2) is 66.7 Å². The Bertz CT molecular complexity index is 1670. The number of aliphatic hydroxyl groups is 3. The summed E-state index contributed by atoms with van der Waals surface area (Å²) in [6.07, 6.45) is -10.8. The summed E-state index contributed by atoms with van der Waals surface area (Å²) in [6, 6.07) is 11.3. The number of anilines is 1. The van der Waals surface area contributed by atoms with Crippen LogP contribution in [0.25, 0.3) is 0 Å². The van der Waals surface area contributed by atoms with Crippen molar-refractivity contribution in [2.75, 3.05) is 17.7 Å². The number of thioether (sulfide) groups is 2. The van der Waals surface area contributed by atoms with E-state index in [9.17, 15) is 51.3 Å². The molecule has 4 N–H and O–H groups in total. The Morgan fingerprint density at radius 3 is 2.00 bits per heavy atom. The molecule has 0 radical (unpaired) electrons. The number of alkyl halides is 6. The number of rotatable bonds is 16. The van der Waals surface area contributed by atoms with Gasteiger partial charge in [0.15, 0.2) is 6.23 Å². The molecule has 52 heavy (non-hydrogen) atoms. The summed E-state index contributed by atoms with van der Waals surface area (Å²) in [6.45, 7) is 3.26. The van der Waals surface area contributed by atoms with E-state index in [0.717, 1.165) is 40.0 Å². The molecule has 9 nitrogen and oxygen atoms in total. The Morgan fingerprint density at radius 1 is 0.904 bits per heavy atom. The predicted octanol–water partition coefficient (Wildman–Crippen LogP) is 6.65. The van der Waals surface area contributed by atoms with Crippen LogP contribution in [0.5, 0.6) is 0 Å². The van der Waals surface area contributed by atoms with Gasteiger partial charge >= 0.3 is 18.0 Å². The van der Waals surface area contributed by atoms with Crippen molar-refractivity contribution in [3.63, 3.8) is 0 Å². The van der Waals surface area contributed by atoms with E-state index in [1.54, 1.807) is 23.5 Å². The van der Waals surface area contributed by atoms with Gasteiger partial charge in [-0.05, 0) is 71.9 Å². The molecule has 1 aliphatic rings. The first kappa shape index (κ1) is 41.7. The molecule has 1 saturated heterocycles. The molecule has 286 valence electrons. The molecule has 0 spiro atoms. The number of nitrogens with zero attached hydrogens (tertiary/aromatic N) is 2. The third kappa shape index (κ3) is 12.0. The number of ether oxygens (including phenoxy) is 1. The first-order valence-electron chi connectivity index (χ1n) is 16.4. The minimum atomic E-state index is -4.44. The summed E-state index contributed by atoms with van der Waals surface area (Å²) in [4.78, 5) is 29.5. The molecule has 0 saturated carbocycles. The highest BCUT2D eigenvalue weighted by Crippen LogP contribution is 2.35. The standard InChI is InChI=1S/C35H41F6N3O6S2/c1-33(2,17-28(46)42-27-12-15-44(32(49)43-27)31-30(48)29(47)26(18-45)50-31)14-11-25(52-20-22-5-9-24(10-6-22)35(39,40)41)13-16-51-19-21-3-7-23(8-4-21)34(36,37)38/h3-10,12,15,25-26,29-31,45,47-48H,11,13-14,16-20H2,1-2H3,(H,42,43,46,49)/t25?,26-,29?,30?,31-/m1/s1. The van der Waals surface area contributed by atoms with Crippen LogP contribution in [0.15, 0.2) is 65.6 Å². The lowest BCUT2D eigenvalue weighted by molar-refractivity contribution is -0.138. The van der Waals surface area contributed by atoms with Gasteiger partial charge in [-0.25, -0.2) is 4.79 Å². The van der Waals surface area contributed by atoms with Crippen LogP contribution in [0, 0.1) is 5.41 Å². The molecule has 1 aliphatic heterocycles. The molecule has 17 heteroatoms. The summed E-state index contributed by atoms with van der Waals surface area (Å²) in [7, 11) is 0. The van der Waals surface area contributed by atoms with Gasteiger partial charge in [0, 0.05) is 29.4 Å². The molecule has 1 amide bonds. The Labute approximate surface area is 305 Å². The van der Waals surface area contributed by atoms with Gasteiger partial charge in [0.1, 0.15) is 24.1 Å². The van der Waals surface area contributed by atoms with E-state index in [1.165, 1.54) is 36.5 Å². The van der Waals surface area contributed by atoms with E-state index in [0.29, 0.717) is 36.5 Å². The number of amides is 1. The number of hydrogen-bond donors (Lipinski definition) is 4. The second kappa shape index (κ2) is 17.8. The first-order valence-corrected chi connectivity index (χ1v) is 18.6. The average Bonchev–Trinajstić information content (AvgIpc) is 3.35. The van der Waals surface area contributed by atoms with Crippen LogP contribution in [0.3, 0.4) is 0 Å². The molecule has 5 atom stereocenters. The van der Waals surface area contributed by atoms with Crippen molar-refractivity contribution in [2.45, 2.75) is 93.2 Å². The number of aliphatic hydroxyl groups excluding tert-OH is 3. The van der Waals surface area contributed by atoms with E-state index in [4.69, 9.17) is 4.74 Å². The first-order chi connectivity index (χ1) is 24.4. The fourth-order valence-corrected chi connectivity index (χ4v) is 7.92. The van der Waals surface area contributed by atoms with Gasteiger partial charge in [0.05, 0.1) is 17.7 Å². The number of nitrogens with one attached hydrogen (secondary N) is 1. The lowest BCUT2D eigenvalue weighted by Gasteiger charge is -2.27. The molecule has 0 aliphatic carbocycles. The zero-order valence-electron chi connectivity index (χ0n) is 28.4. The highest BCUT2D eigenvalue weighted by molar-refractivity contribution is 7.99. The third-order valence-corrected chi connectivity index (χ3v) is 11.1. The van der Waals surface area contributed by atoms with Crippen LogP contribution >= 0.6 is 23.5 Å². The normalized spacial score (nSPS) is 20.2. The van der Waals surface area contributed by atoms with Crippen molar-refractivity contribution in [2.24, 2.45) is 5.41 Å². The Kier molecular flexibility index (Phi) is 14.3. The maximum atomic E-state index is 13.0. The maximum Gasteiger partial charge on any atom is 0.416 e. The second-order valence-electron chi connectivity index (χ2n) is 13.3. The highest BCUT2D eigenvalue weighted by Gasteiger charge is 2.43. The van der Waals surface area contributed by atoms with E-state index >= 15 is 0 Å². The molecule has 1 aromatic heterocycles. The molecular weight excluding hydrogens is 737 g/mol. The van der Waals surface area contributed by atoms with Gasteiger partial charge in [0.2, 0.25) is 5.91 Å². The maximum absolute atomic E-state index is 13.0. The van der Waals surface area contributed by atoms with E-state index in [2.05, 4.69) is 10.3 Å². The monoisotopic (exact) mass is 777 g/mol. The fourth-order valence-electron chi connectivity index (χ4n) is 5.56. The van der Waals surface area contributed by atoms with Crippen LogP contribution < -0.4 is 11.0 Å². The van der Waals surface area contributed by atoms with Gasteiger partial charge in [-0.2, -0.15) is 54.9 Å². The minimum absolute atomic E-state index is 0.0242. The molecular formula is C35H41F6N3O6S2. The quantitative estimate of drug-likeness (QED) is 0.0932. The third-order valence-electron chi connectivity index (χ3n) is 8.57. The van der Waals surface area contributed by atoms with Crippen molar-refractivity contribution in [1.29, 1.82) is 0 Å². The van der Waals surface area contributed by atoms with Crippen LogP contribution in [0.2, 0.25) is 0 Å². The number of carbonyl (C=O) groups is 1. The summed E-state index contributed by atoms with van der Waals surface area (Å²) < 4.78 is 84.1. The number of halogens is 6. The van der Waals surface area contributed by atoms with Crippen molar-refractivity contribution in [3.05, 3.63) is 93.5 Å². The topological polar surface area (TPSA) is 134 Å².